The number of nitrogens with zero attached hydrogens (tertiary/aromatic N) is 2. The van der Waals surface area contributed by atoms with Crippen LogP contribution >= 0.6 is 23.1 Å². The van der Waals surface area contributed by atoms with Crippen LogP contribution < -0.4 is 0 Å². The third kappa shape index (κ3) is 1.81. The van der Waals surface area contributed by atoms with E-state index >= 15 is 0 Å². The van der Waals surface area contributed by atoms with E-state index in [1.54, 1.807) is 0 Å². The van der Waals surface area contributed by atoms with Crippen molar-refractivity contribution < 1.29 is 13.2 Å². The summed E-state index contributed by atoms with van der Waals surface area (Å²) in [4.78, 5) is -0.0424. The second-order valence-corrected chi connectivity index (χ2v) is 2.78. The van der Waals surface area contributed by atoms with E-state index in [0.717, 1.165) is 0 Å². The number of alkyl halides is 4. The van der Waals surface area contributed by atoms with E-state index in [2.05, 4.69) is 9.59 Å². The van der Waals surface area contributed by atoms with Gasteiger partial charge in [-0.1, -0.05) is 4.49 Å². The lowest BCUT2D eigenvalue weighted by molar-refractivity contribution is -0.141. The minimum atomic E-state index is -4.43. The van der Waals surface area contributed by atoms with Gasteiger partial charge in [0.05, 0.1) is 10.8 Å². The first kappa shape index (κ1) is 8.73. The molecule has 7 heteroatoms. The fourth-order valence-corrected chi connectivity index (χ4v) is 1.30. The van der Waals surface area contributed by atoms with Crippen molar-refractivity contribution in [1.29, 1.82) is 0 Å². The first-order chi connectivity index (χ1) is 5.05. The second kappa shape index (κ2) is 2.94. The molecular formula is C4H2ClF3N2S. The standard InChI is InChI=1S/C4H2ClF3N2S/c5-1-2-3(4(6,7)8)9-10-11-2/h1H2. The molecule has 0 N–H and O–H groups in total. The average molecular weight is 203 g/mol. The molecule has 0 aliphatic rings. The van der Waals surface area contributed by atoms with E-state index in [0.29, 0.717) is 11.5 Å². The van der Waals surface area contributed by atoms with Gasteiger partial charge in [-0.15, -0.1) is 16.7 Å². The Morgan fingerprint density at radius 1 is 1.45 bits per heavy atom. The van der Waals surface area contributed by atoms with E-state index in [9.17, 15) is 13.2 Å². The van der Waals surface area contributed by atoms with Gasteiger partial charge in [-0.3, -0.25) is 0 Å². The van der Waals surface area contributed by atoms with Gasteiger partial charge < -0.3 is 0 Å². The van der Waals surface area contributed by atoms with Gasteiger partial charge in [0.2, 0.25) is 0 Å². The van der Waals surface area contributed by atoms with Crippen molar-refractivity contribution >= 4 is 23.1 Å². The van der Waals surface area contributed by atoms with Crippen molar-refractivity contribution in [1.82, 2.24) is 9.59 Å². The molecular weight excluding hydrogens is 201 g/mol. The summed E-state index contributed by atoms with van der Waals surface area (Å²) in [5.41, 5.74) is -0.975. The number of rotatable bonds is 1. The van der Waals surface area contributed by atoms with Crippen LogP contribution in [0.3, 0.4) is 0 Å². The summed E-state index contributed by atoms with van der Waals surface area (Å²) in [5.74, 6) is -0.202. The molecule has 2 nitrogen and oxygen atoms in total. The van der Waals surface area contributed by atoms with Crippen molar-refractivity contribution in [2.24, 2.45) is 0 Å². The molecule has 0 radical (unpaired) electrons. The molecule has 0 unspecified atom stereocenters. The fourth-order valence-electron chi connectivity index (χ4n) is 0.512. The summed E-state index contributed by atoms with van der Waals surface area (Å²) in [5, 5.41) is 2.92. The summed E-state index contributed by atoms with van der Waals surface area (Å²) < 4.78 is 38.9. The first-order valence-corrected chi connectivity index (χ1v) is 3.81. The van der Waals surface area contributed by atoms with E-state index in [-0.39, 0.29) is 10.8 Å². The lowest BCUT2D eigenvalue weighted by Gasteiger charge is -2.01. The number of aromatic nitrogens is 2. The van der Waals surface area contributed by atoms with Gasteiger partial charge in [0, 0.05) is 0 Å². The van der Waals surface area contributed by atoms with Crippen LogP contribution in [0.1, 0.15) is 10.6 Å². The molecule has 0 atom stereocenters. The van der Waals surface area contributed by atoms with Gasteiger partial charge >= 0.3 is 6.18 Å². The Balaban J connectivity index is 3.02. The van der Waals surface area contributed by atoms with E-state index in [1.807, 2.05) is 0 Å². The van der Waals surface area contributed by atoms with Crippen molar-refractivity contribution in [3.05, 3.63) is 10.6 Å². The molecule has 0 amide bonds. The highest BCUT2D eigenvalue weighted by molar-refractivity contribution is 7.05. The van der Waals surface area contributed by atoms with Crippen molar-refractivity contribution in [2.45, 2.75) is 12.1 Å². The molecule has 0 aliphatic heterocycles. The molecule has 0 spiro atoms. The summed E-state index contributed by atoms with van der Waals surface area (Å²) in [6.45, 7) is 0. The van der Waals surface area contributed by atoms with Crippen LogP contribution in [-0.2, 0) is 12.1 Å². The molecule has 0 aliphatic carbocycles. The van der Waals surface area contributed by atoms with Crippen molar-refractivity contribution in [3.8, 4) is 0 Å². The molecule has 0 saturated carbocycles. The predicted octanol–water partition coefficient (Wildman–Crippen LogP) is 2.30. The third-order valence-electron chi connectivity index (χ3n) is 0.946. The topological polar surface area (TPSA) is 25.8 Å². The average Bonchev–Trinajstić information content (AvgIpc) is 2.31. The molecule has 1 aromatic heterocycles. The highest BCUT2D eigenvalue weighted by atomic mass is 35.5. The van der Waals surface area contributed by atoms with Gasteiger partial charge in [-0.2, -0.15) is 13.2 Å². The highest BCUT2D eigenvalue weighted by Crippen LogP contribution is 2.32. The fraction of sp³-hybridized carbons (Fsp3) is 0.500. The number of halogens is 4. The predicted molar refractivity (Wildman–Crippen MR) is 34.5 cm³/mol. The van der Waals surface area contributed by atoms with E-state index in [4.69, 9.17) is 11.6 Å². The summed E-state index contributed by atoms with van der Waals surface area (Å²) in [7, 11) is 0. The molecule has 0 fully saturated rings. The second-order valence-electron chi connectivity index (χ2n) is 1.68. The van der Waals surface area contributed by atoms with E-state index < -0.39 is 11.9 Å². The Morgan fingerprint density at radius 3 is 2.45 bits per heavy atom. The summed E-state index contributed by atoms with van der Waals surface area (Å²) >= 11 is 5.87. The number of hydrogen-bond donors (Lipinski definition) is 0. The largest absolute Gasteiger partial charge is 0.436 e. The van der Waals surface area contributed by atoms with Crippen molar-refractivity contribution in [2.75, 3.05) is 0 Å². The van der Waals surface area contributed by atoms with Crippen LogP contribution in [0.25, 0.3) is 0 Å². The summed E-state index contributed by atoms with van der Waals surface area (Å²) in [6.07, 6.45) is -4.43. The molecule has 0 aromatic carbocycles. The maximum absolute atomic E-state index is 11.9. The van der Waals surface area contributed by atoms with Crippen LogP contribution in [0.15, 0.2) is 0 Å². The normalized spacial score (nSPS) is 12.0. The van der Waals surface area contributed by atoms with Gasteiger partial charge in [0.15, 0.2) is 5.69 Å². The molecule has 1 heterocycles. The zero-order valence-corrected chi connectivity index (χ0v) is 6.59. The minimum Gasteiger partial charge on any atom is -0.164 e. The maximum Gasteiger partial charge on any atom is 0.436 e. The number of hydrogen-bond acceptors (Lipinski definition) is 3. The Kier molecular flexibility index (Phi) is 2.34. The third-order valence-corrected chi connectivity index (χ3v) is 2.09. The zero-order chi connectivity index (χ0) is 8.48. The Bertz CT molecular complexity index is 246. The van der Waals surface area contributed by atoms with E-state index in [1.165, 1.54) is 0 Å². The zero-order valence-electron chi connectivity index (χ0n) is 5.02. The van der Waals surface area contributed by atoms with Gasteiger partial charge in [-0.05, 0) is 11.5 Å². The highest BCUT2D eigenvalue weighted by Gasteiger charge is 2.36. The quantitative estimate of drug-likeness (QED) is 0.653. The Morgan fingerprint density at radius 2 is 2.09 bits per heavy atom. The van der Waals surface area contributed by atoms with Gasteiger partial charge in [0.25, 0.3) is 0 Å². The van der Waals surface area contributed by atoms with Crippen LogP contribution in [0.5, 0.6) is 0 Å². The summed E-state index contributed by atoms with van der Waals surface area (Å²) in [6, 6.07) is 0. The van der Waals surface area contributed by atoms with Crippen LogP contribution in [-0.4, -0.2) is 9.59 Å². The Labute approximate surface area is 69.2 Å². The molecule has 1 aromatic rings. The molecule has 1 rings (SSSR count). The van der Waals surface area contributed by atoms with Crippen LogP contribution in [0, 0.1) is 0 Å². The van der Waals surface area contributed by atoms with Crippen molar-refractivity contribution in [3.63, 3.8) is 0 Å². The maximum atomic E-state index is 11.9. The van der Waals surface area contributed by atoms with Crippen LogP contribution in [0.4, 0.5) is 13.2 Å². The van der Waals surface area contributed by atoms with Gasteiger partial charge in [-0.25, -0.2) is 0 Å². The molecule has 0 bridgehead atoms. The van der Waals surface area contributed by atoms with Crippen LogP contribution in [0.2, 0.25) is 0 Å². The smallest absolute Gasteiger partial charge is 0.164 e. The molecule has 0 saturated heterocycles. The Hall–Kier alpha value is -0.360. The SMILES string of the molecule is FC(F)(F)c1nnsc1CCl. The lowest BCUT2D eigenvalue weighted by Crippen LogP contribution is -2.07. The minimum absolute atomic E-state index is 0.0424. The first-order valence-electron chi connectivity index (χ1n) is 2.50. The molecule has 62 valence electrons. The lowest BCUT2D eigenvalue weighted by atomic mass is 10.4. The monoisotopic (exact) mass is 202 g/mol. The van der Waals surface area contributed by atoms with Gasteiger partial charge in [0.1, 0.15) is 0 Å². The molecule has 11 heavy (non-hydrogen) atoms.